The summed E-state index contributed by atoms with van der Waals surface area (Å²) in [4.78, 5) is 24.6. The van der Waals surface area contributed by atoms with E-state index in [0.717, 1.165) is 21.8 Å². The van der Waals surface area contributed by atoms with E-state index < -0.39 is 0 Å². The summed E-state index contributed by atoms with van der Waals surface area (Å²) in [5, 5.41) is 4.98. The highest BCUT2D eigenvalue weighted by molar-refractivity contribution is 8.00. The van der Waals surface area contributed by atoms with Crippen LogP contribution in [0, 0.1) is 13.8 Å². The average Bonchev–Trinajstić information content (AvgIpc) is 2.83. The number of hydrogen-bond donors (Lipinski definition) is 2. The van der Waals surface area contributed by atoms with Gasteiger partial charge < -0.3 is 0 Å². The molecule has 1 aromatic carbocycles. The first-order valence-electron chi connectivity index (χ1n) is 7.82. The monoisotopic (exact) mass is 380 g/mol. The highest BCUT2D eigenvalue weighted by Gasteiger charge is 2.12. The number of benzene rings is 1. The molecule has 0 atom stereocenters. The molecule has 2 aromatic rings. The maximum Gasteiger partial charge on any atom is 0.248 e. The zero-order valence-corrected chi connectivity index (χ0v) is 16.0. The molecule has 1 heterocycles. The highest BCUT2D eigenvalue weighted by atomic mass is 35.5. The second-order valence-electron chi connectivity index (χ2n) is 5.61. The van der Waals surface area contributed by atoms with E-state index in [9.17, 15) is 9.59 Å². The number of carbonyl (C=O) groups is 2. The van der Waals surface area contributed by atoms with Gasteiger partial charge in [0.2, 0.25) is 11.8 Å². The summed E-state index contributed by atoms with van der Waals surface area (Å²) in [6, 6.07) is 7.23. The summed E-state index contributed by atoms with van der Waals surface area (Å²) in [5.74, 6) is -0.280. The summed E-state index contributed by atoms with van der Waals surface area (Å²) >= 11 is 7.19. The van der Waals surface area contributed by atoms with Gasteiger partial charge in [0.15, 0.2) is 0 Å². The zero-order chi connectivity index (χ0) is 18.4. The average molecular weight is 381 g/mol. The highest BCUT2D eigenvalue weighted by Crippen LogP contribution is 2.19. The van der Waals surface area contributed by atoms with Crippen LogP contribution in [-0.2, 0) is 23.1 Å². The molecule has 0 aliphatic carbocycles. The third-order valence-corrected chi connectivity index (χ3v) is 5.05. The number of hydrogen-bond acceptors (Lipinski definition) is 4. The molecular formula is C17H21ClN4O2S. The predicted octanol–water partition coefficient (Wildman–Crippen LogP) is 2.56. The fourth-order valence-corrected chi connectivity index (χ4v) is 3.16. The Morgan fingerprint density at radius 3 is 2.40 bits per heavy atom. The van der Waals surface area contributed by atoms with Crippen LogP contribution in [0.15, 0.2) is 29.2 Å². The van der Waals surface area contributed by atoms with Crippen LogP contribution >= 0.6 is 23.4 Å². The van der Waals surface area contributed by atoms with Crippen LogP contribution in [0.4, 0.5) is 0 Å². The first kappa shape index (κ1) is 19.3. The third-order valence-electron chi connectivity index (χ3n) is 3.79. The van der Waals surface area contributed by atoms with Crippen molar-refractivity contribution in [3.8, 4) is 0 Å². The van der Waals surface area contributed by atoms with Gasteiger partial charge in [0.25, 0.3) is 0 Å². The molecule has 0 saturated heterocycles. The van der Waals surface area contributed by atoms with E-state index in [1.54, 1.807) is 16.8 Å². The smallest absolute Gasteiger partial charge is 0.248 e. The van der Waals surface area contributed by atoms with E-state index in [1.807, 2.05) is 33.0 Å². The summed E-state index contributed by atoms with van der Waals surface area (Å²) in [7, 11) is 1.88. The van der Waals surface area contributed by atoms with E-state index in [1.165, 1.54) is 11.8 Å². The van der Waals surface area contributed by atoms with E-state index in [-0.39, 0.29) is 24.0 Å². The Bertz CT molecular complexity index is 759. The molecule has 0 spiro atoms. The molecule has 6 nitrogen and oxygen atoms in total. The molecule has 0 saturated carbocycles. The lowest BCUT2D eigenvalue weighted by molar-refractivity contribution is -0.127. The fourth-order valence-electron chi connectivity index (χ4n) is 2.34. The number of nitrogens with one attached hydrogen (secondary N) is 2. The van der Waals surface area contributed by atoms with E-state index in [4.69, 9.17) is 11.6 Å². The first-order valence-corrected chi connectivity index (χ1v) is 9.18. The minimum Gasteiger partial charge on any atom is -0.273 e. The van der Waals surface area contributed by atoms with Crippen LogP contribution in [0.1, 0.15) is 23.4 Å². The molecule has 1 aromatic heterocycles. The Labute approximate surface area is 156 Å². The topological polar surface area (TPSA) is 76.0 Å². The van der Waals surface area contributed by atoms with Crippen LogP contribution in [0.5, 0.6) is 0 Å². The number of aromatic nitrogens is 2. The van der Waals surface area contributed by atoms with Crippen molar-refractivity contribution in [1.29, 1.82) is 0 Å². The lowest BCUT2D eigenvalue weighted by atomic mass is 10.1. The Morgan fingerprint density at radius 1 is 1.16 bits per heavy atom. The zero-order valence-electron chi connectivity index (χ0n) is 14.4. The van der Waals surface area contributed by atoms with Gasteiger partial charge >= 0.3 is 0 Å². The van der Waals surface area contributed by atoms with E-state index in [2.05, 4.69) is 16.0 Å². The second kappa shape index (κ2) is 8.92. The Hall–Kier alpha value is -1.99. The first-order chi connectivity index (χ1) is 11.9. The minimum absolute atomic E-state index is 0.211. The van der Waals surface area contributed by atoms with Crippen molar-refractivity contribution in [2.24, 2.45) is 7.05 Å². The molecule has 2 N–H and O–H groups in total. The molecule has 2 amide bonds. The summed E-state index contributed by atoms with van der Waals surface area (Å²) in [6.45, 7) is 3.90. The van der Waals surface area contributed by atoms with Crippen LogP contribution in [0.2, 0.25) is 5.02 Å². The van der Waals surface area contributed by atoms with E-state index >= 15 is 0 Å². The molecule has 0 radical (unpaired) electrons. The van der Waals surface area contributed by atoms with Crippen LogP contribution in [0.25, 0.3) is 0 Å². The lowest BCUT2D eigenvalue weighted by Crippen LogP contribution is -2.42. The van der Waals surface area contributed by atoms with E-state index in [0.29, 0.717) is 11.4 Å². The van der Waals surface area contributed by atoms with Gasteiger partial charge in [0, 0.05) is 29.1 Å². The second-order valence-corrected chi connectivity index (χ2v) is 7.10. The van der Waals surface area contributed by atoms with Gasteiger partial charge in [-0.3, -0.25) is 25.1 Å². The standard InChI is InChI=1S/C17H21ClN4O2S/c1-11-15(12(2)22(3)21-11)8-9-16(23)19-20-17(24)10-25-14-6-4-13(18)5-7-14/h4-7H,8-10H2,1-3H3,(H,19,23)(H,20,24). The van der Waals surface area contributed by atoms with Crippen molar-refractivity contribution in [2.75, 3.05) is 5.75 Å². The largest absolute Gasteiger partial charge is 0.273 e. The van der Waals surface area contributed by atoms with Crippen LogP contribution in [-0.4, -0.2) is 27.3 Å². The van der Waals surface area contributed by atoms with Gasteiger partial charge in [-0.2, -0.15) is 5.10 Å². The van der Waals surface area contributed by atoms with Gasteiger partial charge in [-0.15, -0.1) is 11.8 Å². The van der Waals surface area contributed by atoms with Crippen molar-refractivity contribution in [3.05, 3.63) is 46.2 Å². The summed E-state index contributed by atoms with van der Waals surface area (Å²) < 4.78 is 1.80. The number of halogens is 1. The molecular weight excluding hydrogens is 360 g/mol. The normalized spacial score (nSPS) is 10.6. The number of hydrazine groups is 1. The summed E-state index contributed by atoms with van der Waals surface area (Å²) in [6.07, 6.45) is 0.880. The predicted molar refractivity (Wildman–Crippen MR) is 99.5 cm³/mol. The number of rotatable bonds is 6. The Balaban J connectivity index is 1.70. The number of thioether (sulfide) groups is 1. The molecule has 0 fully saturated rings. The quantitative estimate of drug-likeness (QED) is 0.596. The SMILES string of the molecule is Cc1nn(C)c(C)c1CCC(=O)NNC(=O)CSc1ccc(Cl)cc1. The lowest BCUT2D eigenvalue weighted by Gasteiger charge is -2.08. The van der Waals surface area contributed by atoms with Crippen molar-refractivity contribution >= 4 is 35.2 Å². The van der Waals surface area contributed by atoms with Gasteiger partial charge in [-0.05, 0) is 50.1 Å². The van der Waals surface area contributed by atoms with Gasteiger partial charge in [-0.1, -0.05) is 11.6 Å². The Morgan fingerprint density at radius 2 is 1.80 bits per heavy atom. The minimum atomic E-state index is -0.262. The number of amides is 2. The number of carbonyl (C=O) groups excluding carboxylic acids is 2. The van der Waals surface area contributed by atoms with Crippen molar-refractivity contribution < 1.29 is 9.59 Å². The Kier molecular flexibility index (Phi) is 6.90. The van der Waals surface area contributed by atoms with Crippen molar-refractivity contribution in [1.82, 2.24) is 20.6 Å². The molecule has 0 bridgehead atoms. The van der Waals surface area contributed by atoms with Gasteiger partial charge in [0.1, 0.15) is 0 Å². The van der Waals surface area contributed by atoms with Gasteiger partial charge in [-0.25, -0.2) is 0 Å². The third kappa shape index (κ3) is 5.79. The fraction of sp³-hybridized carbons (Fsp3) is 0.353. The van der Waals surface area contributed by atoms with Crippen molar-refractivity contribution in [2.45, 2.75) is 31.6 Å². The van der Waals surface area contributed by atoms with Crippen LogP contribution in [0.3, 0.4) is 0 Å². The maximum absolute atomic E-state index is 11.9. The number of aryl methyl sites for hydroxylation is 2. The maximum atomic E-state index is 11.9. The molecule has 134 valence electrons. The van der Waals surface area contributed by atoms with Crippen molar-refractivity contribution in [3.63, 3.8) is 0 Å². The van der Waals surface area contributed by atoms with Gasteiger partial charge in [0.05, 0.1) is 11.4 Å². The molecule has 0 unspecified atom stereocenters. The number of nitrogens with zero attached hydrogens (tertiary/aromatic N) is 2. The molecule has 8 heteroatoms. The molecule has 0 aliphatic rings. The molecule has 0 aliphatic heterocycles. The summed E-state index contributed by atoms with van der Waals surface area (Å²) in [5.41, 5.74) is 7.92. The molecule has 25 heavy (non-hydrogen) atoms. The van der Waals surface area contributed by atoms with Crippen LogP contribution < -0.4 is 10.9 Å². The molecule has 2 rings (SSSR count).